The van der Waals surface area contributed by atoms with E-state index < -0.39 is 11.5 Å². The van der Waals surface area contributed by atoms with Gasteiger partial charge in [-0.05, 0) is 36.4 Å². The van der Waals surface area contributed by atoms with Crippen LogP contribution in [0.1, 0.15) is 10.4 Å². The van der Waals surface area contributed by atoms with E-state index in [-0.39, 0.29) is 16.5 Å². The number of benzene rings is 1. The van der Waals surface area contributed by atoms with Gasteiger partial charge in [0.2, 0.25) is 0 Å². The average Bonchev–Trinajstić information content (AvgIpc) is 2.63. The number of carbonyl (C=O) groups excluding carboxylic acids is 1. The Balaban J connectivity index is 1.77. The lowest BCUT2D eigenvalue weighted by atomic mass is 10.1. The Kier molecular flexibility index (Phi) is 5.53. The predicted octanol–water partition coefficient (Wildman–Crippen LogP) is 5.22. The van der Waals surface area contributed by atoms with Gasteiger partial charge in [-0.15, -0.1) is 8.78 Å². The minimum Gasteiger partial charge on any atom is -0.420 e. The van der Waals surface area contributed by atoms with E-state index in [0.717, 1.165) is 0 Å². The Morgan fingerprint density at radius 3 is 2.52 bits per heavy atom. The maximum atomic E-state index is 12.6. The molecule has 0 atom stereocenters. The molecule has 2 aromatic heterocycles. The van der Waals surface area contributed by atoms with Crippen molar-refractivity contribution < 1.29 is 18.3 Å². The van der Waals surface area contributed by atoms with Crippen molar-refractivity contribution in [1.82, 2.24) is 9.97 Å². The van der Waals surface area contributed by atoms with Crippen LogP contribution in [-0.2, 0) is 0 Å². The van der Waals surface area contributed by atoms with Crippen molar-refractivity contribution in [3.63, 3.8) is 0 Å². The van der Waals surface area contributed by atoms with Crippen LogP contribution in [0.3, 0.4) is 0 Å². The molecule has 0 aliphatic heterocycles. The number of amides is 1. The molecule has 1 aromatic carbocycles. The Hall–Kier alpha value is -2.77. The molecular formula is C18H11Cl2F2N3O2. The lowest BCUT2D eigenvalue weighted by Crippen LogP contribution is -2.16. The highest BCUT2D eigenvalue weighted by Crippen LogP contribution is 2.28. The van der Waals surface area contributed by atoms with Gasteiger partial charge in [0.25, 0.3) is 5.91 Å². The Morgan fingerprint density at radius 1 is 1.15 bits per heavy atom. The molecule has 9 heteroatoms. The van der Waals surface area contributed by atoms with Gasteiger partial charge in [0.15, 0.2) is 0 Å². The lowest BCUT2D eigenvalue weighted by Gasteiger charge is -2.11. The van der Waals surface area contributed by atoms with Gasteiger partial charge in [0.1, 0.15) is 10.9 Å². The minimum absolute atomic E-state index is 0.139. The number of hydrogen-bond acceptors (Lipinski definition) is 4. The van der Waals surface area contributed by atoms with Crippen molar-refractivity contribution in [1.29, 1.82) is 0 Å². The first kappa shape index (κ1) is 19.0. The predicted molar refractivity (Wildman–Crippen MR) is 98.3 cm³/mol. The Bertz CT molecular complexity index is 949. The molecule has 0 saturated heterocycles. The number of aromatic nitrogens is 2. The zero-order valence-electron chi connectivity index (χ0n) is 13.5. The van der Waals surface area contributed by atoms with Gasteiger partial charge in [-0.25, -0.2) is 4.98 Å². The molecule has 1 N–H and O–H groups in total. The first-order valence-corrected chi connectivity index (χ1v) is 8.30. The van der Waals surface area contributed by atoms with Crippen LogP contribution in [0.15, 0.2) is 61.1 Å². The van der Waals surface area contributed by atoms with Crippen molar-refractivity contribution >= 4 is 34.8 Å². The van der Waals surface area contributed by atoms with Crippen LogP contribution in [0.4, 0.5) is 14.5 Å². The standard InChI is InChI=1S/C18H11Cl2F2N3O2/c19-16-15(11-2-1-7-23-9-11)8-12(10-24-16)17(26)25-13-3-5-14(6-4-13)27-18(20,21)22/h1-10H,(H,25,26). The largest absolute Gasteiger partial charge is 0.487 e. The van der Waals surface area contributed by atoms with E-state index in [1.54, 1.807) is 30.6 Å². The third-order valence-corrected chi connectivity index (χ3v) is 3.80. The van der Waals surface area contributed by atoms with Gasteiger partial charge in [-0.2, -0.15) is 0 Å². The van der Waals surface area contributed by atoms with Gasteiger partial charge < -0.3 is 10.1 Å². The molecule has 0 saturated carbocycles. The lowest BCUT2D eigenvalue weighted by molar-refractivity contribution is -0.0964. The highest BCUT2D eigenvalue weighted by Gasteiger charge is 2.27. The second kappa shape index (κ2) is 7.85. The number of pyridine rings is 2. The second-order valence-corrected chi connectivity index (χ2v) is 6.13. The van der Waals surface area contributed by atoms with E-state index in [1.807, 2.05) is 0 Å². The number of nitrogens with zero attached hydrogens (tertiary/aromatic N) is 2. The van der Waals surface area contributed by atoms with Gasteiger partial charge in [0, 0.05) is 47.0 Å². The monoisotopic (exact) mass is 409 g/mol. The summed E-state index contributed by atoms with van der Waals surface area (Å²) in [6.45, 7) is 0. The van der Waals surface area contributed by atoms with Crippen LogP contribution >= 0.6 is 23.2 Å². The normalized spacial score (nSPS) is 11.1. The van der Waals surface area contributed by atoms with E-state index in [9.17, 15) is 13.6 Å². The molecule has 3 aromatic rings. The third kappa shape index (κ3) is 5.12. The number of hydrogen-bond donors (Lipinski definition) is 1. The summed E-state index contributed by atoms with van der Waals surface area (Å²) in [6.07, 6.45) is 4.56. The topological polar surface area (TPSA) is 64.1 Å². The number of anilines is 1. The minimum atomic E-state index is -3.80. The van der Waals surface area contributed by atoms with Gasteiger partial charge in [0.05, 0.1) is 5.56 Å². The van der Waals surface area contributed by atoms with Crippen LogP contribution in [0, 0.1) is 0 Å². The van der Waals surface area contributed by atoms with E-state index in [4.69, 9.17) is 23.2 Å². The Morgan fingerprint density at radius 2 is 1.89 bits per heavy atom. The number of carbonyl (C=O) groups is 1. The quantitative estimate of drug-likeness (QED) is 0.463. The Labute approximate surface area is 162 Å². The molecule has 2 heterocycles. The molecule has 0 radical (unpaired) electrons. The maximum absolute atomic E-state index is 12.6. The SMILES string of the molecule is O=C(Nc1ccc(OC(F)(F)Cl)cc1)c1cnc(Cl)c(-c2cccnc2)c1. The summed E-state index contributed by atoms with van der Waals surface area (Å²) in [5.74, 6) is -0.583. The molecule has 0 bridgehead atoms. The molecule has 3 rings (SSSR count). The van der Waals surface area contributed by atoms with E-state index in [2.05, 4.69) is 20.0 Å². The molecule has 5 nitrogen and oxygen atoms in total. The highest BCUT2D eigenvalue weighted by molar-refractivity contribution is 6.32. The molecule has 0 aliphatic rings. The van der Waals surface area contributed by atoms with Crippen LogP contribution in [-0.4, -0.2) is 21.4 Å². The van der Waals surface area contributed by atoms with Crippen molar-refractivity contribution in [2.24, 2.45) is 0 Å². The van der Waals surface area contributed by atoms with Crippen molar-refractivity contribution in [3.8, 4) is 16.9 Å². The van der Waals surface area contributed by atoms with Crippen molar-refractivity contribution in [2.75, 3.05) is 5.32 Å². The zero-order chi connectivity index (χ0) is 19.4. The number of ether oxygens (including phenoxy) is 1. The first-order valence-electron chi connectivity index (χ1n) is 7.55. The summed E-state index contributed by atoms with van der Waals surface area (Å²) in [5, 5.41) is 2.87. The first-order chi connectivity index (χ1) is 12.8. The van der Waals surface area contributed by atoms with Crippen molar-refractivity contribution in [3.05, 3.63) is 71.8 Å². The molecule has 138 valence electrons. The summed E-state index contributed by atoms with van der Waals surface area (Å²) in [6, 6.07) is 10.4. The summed E-state index contributed by atoms with van der Waals surface area (Å²) >= 11 is 10.8. The van der Waals surface area contributed by atoms with Gasteiger partial charge in [-0.3, -0.25) is 9.78 Å². The number of rotatable bonds is 5. The van der Waals surface area contributed by atoms with Crippen LogP contribution in [0.2, 0.25) is 5.15 Å². The number of nitrogens with one attached hydrogen (secondary N) is 1. The second-order valence-electron chi connectivity index (χ2n) is 5.33. The maximum Gasteiger partial charge on any atom is 0.487 e. The molecule has 0 aliphatic carbocycles. The molecular weight excluding hydrogens is 399 g/mol. The van der Waals surface area contributed by atoms with Crippen LogP contribution in [0.5, 0.6) is 5.75 Å². The fourth-order valence-corrected chi connectivity index (χ4v) is 2.54. The van der Waals surface area contributed by atoms with E-state index in [1.165, 1.54) is 30.5 Å². The van der Waals surface area contributed by atoms with E-state index >= 15 is 0 Å². The van der Waals surface area contributed by atoms with Crippen molar-refractivity contribution in [2.45, 2.75) is 5.57 Å². The fraction of sp³-hybridized carbons (Fsp3) is 0.0556. The number of alkyl halides is 3. The average molecular weight is 410 g/mol. The smallest absolute Gasteiger partial charge is 0.420 e. The summed E-state index contributed by atoms with van der Waals surface area (Å²) in [4.78, 5) is 20.5. The van der Waals surface area contributed by atoms with E-state index in [0.29, 0.717) is 16.8 Å². The van der Waals surface area contributed by atoms with Gasteiger partial charge in [-0.1, -0.05) is 17.7 Å². The van der Waals surface area contributed by atoms with Gasteiger partial charge >= 0.3 is 5.57 Å². The highest BCUT2D eigenvalue weighted by atomic mass is 35.5. The third-order valence-electron chi connectivity index (χ3n) is 3.42. The summed E-state index contributed by atoms with van der Waals surface area (Å²) < 4.78 is 29.4. The number of halogens is 4. The molecule has 1 amide bonds. The molecule has 0 fully saturated rings. The fourth-order valence-electron chi connectivity index (χ4n) is 2.24. The summed E-state index contributed by atoms with van der Waals surface area (Å²) in [5.41, 5.74) is -1.88. The zero-order valence-corrected chi connectivity index (χ0v) is 15.0. The molecule has 27 heavy (non-hydrogen) atoms. The summed E-state index contributed by atoms with van der Waals surface area (Å²) in [7, 11) is 0. The van der Waals surface area contributed by atoms with Crippen LogP contribution < -0.4 is 10.1 Å². The molecule has 0 spiro atoms. The van der Waals surface area contributed by atoms with Crippen LogP contribution in [0.25, 0.3) is 11.1 Å². The molecule has 0 unspecified atom stereocenters.